The second-order valence-corrected chi connectivity index (χ2v) is 6.48. The molecule has 0 amide bonds. The van der Waals surface area contributed by atoms with Gasteiger partial charge < -0.3 is 4.74 Å². The third kappa shape index (κ3) is 2.75. The van der Waals surface area contributed by atoms with E-state index in [1.54, 1.807) is 25.6 Å². The second kappa shape index (κ2) is 6.23. The first-order valence-electron chi connectivity index (χ1n) is 8.52. The topological polar surface area (TPSA) is 70.5 Å². The molecule has 7 nitrogen and oxygen atoms in total. The molecule has 0 atom stereocenters. The molecule has 0 spiro atoms. The zero-order valence-electron chi connectivity index (χ0n) is 14.1. The van der Waals surface area contributed by atoms with Gasteiger partial charge in [0.05, 0.1) is 12.8 Å². The van der Waals surface area contributed by atoms with Gasteiger partial charge in [-0.2, -0.15) is 0 Å². The molecule has 25 heavy (non-hydrogen) atoms. The van der Waals surface area contributed by atoms with Crippen LogP contribution in [-0.4, -0.2) is 25.9 Å². The van der Waals surface area contributed by atoms with Gasteiger partial charge in [0.2, 0.25) is 5.65 Å². The lowest BCUT2D eigenvalue weighted by atomic mass is 10.1. The first kappa shape index (κ1) is 15.7. The molecule has 0 bridgehead atoms. The number of fused-ring (bicyclic) bond motifs is 1. The molecule has 130 valence electrons. The van der Waals surface area contributed by atoms with Crippen LogP contribution in [0.5, 0.6) is 5.75 Å². The maximum absolute atomic E-state index is 12.8. The van der Waals surface area contributed by atoms with Gasteiger partial charge in [-0.15, -0.1) is 5.10 Å². The average Bonchev–Trinajstić information content (AvgIpc) is 3.25. The van der Waals surface area contributed by atoms with Crippen LogP contribution in [0.25, 0.3) is 11.3 Å². The minimum atomic E-state index is -0.321. The van der Waals surface area contributed by atoms with E-state index in [2.05, 4.69) is 5.10 Å². The van der Waals surface area contributed by atoms with E-state index in [4.69, 9.17) is 4.74 Å². The van der Waals surface area contributed by atoms with Crippen LogP contribution >= 0.6 is 0 Å². The lowest BCUT2D eigenvalue weighted by Gasteiger charge is -2.07. The van der Waals surface area contributed by atoms with Crippen molar-refractivity contribution >= 4 is 5.65 Å². The quantitative estimate of drug-likeness (QED) is 0.727. The van der Waals surface area contributed by atoms with Gasteiger partial charge in [-0.25, -0.2) is 13.9 Å². The highest BCUT2D eigenvalue weighted by atomic mass is 16.5. The van der Waals surface area contributed by atoms with Crippen molar-refractivity contribution < 1.29 is 4.74 Å². The predicted octanol–water partition coefficient (Wildman–Crippen LogP) is 1.85. The van der Waals surface area contributed by atoms with Crippen LogP contribution in [0.1, 0.15) is 25.7 Å². The number of nitrogens with zero attached hydrogens (tertiary/aromatic N) is 4. The van der Waals surface area contributed by atoms with Crippen molar-refractivity contribution in [3.8, 4) is 11.4 Å². The number of benzene rings is 1. The van der Waals surface area contributed by atoms with Crippen LogP contribution in [0.15, 0.2) is 46.2 Å². The Morgan fingerprint density at radius 3 is 2.76 bits per heavy atom. The minimum Gasteiger partial charge on any atom is -0.497 e. The van der Waals surface area contributed by atoms with Gasteiger partial charge in [-0.05, 0) is 30.9 Å². The van der Waals surface area contributed by atoms with Crippen LogP contribution in [0.2, 0.25) is 0 Å². The third-order valence-electron chi connectivity index (χ3n) is 4.88. The number of aromatic nitrogens is 4. The van der Waals surface area contributed by atoms with E-state index in [1.807, 2.05) is 18.2 Å². The Morgan fingerprint density at radius 2 is 2.00 bits per heavy atom. The van der Waals surface area contributed by atoms with E-state index >= 15 is 0 Å². The zero-order valence-corrected chi connectivity index (χ0v) is 14.1. The maximum Gasteiger partial charge on any atom is 0.350 e. The van der Waals surface area contributed by atoms with Gasteiger partial charge in [0.15, 0.2) is 0 Å². The standard InChI is InChI=1S/C18H20N4O3/c1-25-15-8-4-7-14(11-15)20-9-10-21-16(17(20)23)19-22(18(21)24)12-13-5-2-3-6-13/h4,7-11,13H,2-3,5-6,12H2,1H3. The molecule has 0 aliphatic heterocycles. The molecule has 2 aromatic heterocycles. The van der Waals surface area contributed by atoms with E-state index < -0.39 is 0 Å². The second-order valence-electron chi connectivity index (χ2n) is 6.48. The number of methoxy groups -OCH3 is 1. The number of hydrogen-bond donors (Lipinski definition) is 0. The van der Waals surface area contributed by atoms with Crippen LogP contribution in [0.3, 0.4) is 0 Å². The summed E-state index contributed by atoms with van der Waals surface area (Å²) < 4.78 is 9.45. The summed E-state index contributed by atoms with van der Waals surface area (Å²) in [5.74, 6) is 1.14. The van der Waals surface area contributed by atoms with E-state index in [0.29, 0.717) is 23.9 Å². The van der Waals surface area contributed by atoms with E-state index in [9.17, 15) is 9.59 Å². The summed E-state index contributed by atoms with van der Waals surface area (Å²) in [4.78, 5) is 25.3. The monoisotopic (exact) mass is 340 g/mol. The highest BCUT2D eigenvalue weighted by Crippen LogP contribution is 2.25. The number of rotatable bonds is 4. The van der Waals surface area contributed by atoms with Gasteiger partial charge in [-0.3, -0.25) is 9.36 Å². The molecule has 7 heteroatoms. The fourth-order valence-corrected chi connectivity index (χ4v) is 3.53. The average molecular weight is 340 g/mol. The lowest BCUT2D eigenvalue weighted by molar-refractivity contribution is 0.414. The molecule has 1 saturated carbocycles. The van der Waals surface area contributed by atoms with Crippen LogP contribution < -0.4 is 16.0 Å². The highest BCUT2D eigenvalue weighted by Gasteiger charge is 2.19. The van der Waals surface area contributed by atoms with Crippen LogP contribution in [0.4, 0.5) is 0 Å². The smallest absolute Gasteiger partial charge is 0.350 e. The van der Waals surface area contributed by atoms with Gasteiger partial charge >= 0.3 is 11.2 Å². The van der Waals surface area contributed by atoms with Gasteiger partial charge in [0.1, 0.15) is 5.75 Å². The fourth-order valence-electron chi connectivity index (χ4n) is 3.53. The molecular formula is C18H20N4O3. The van der Waals surface area contributed by atoms with Crippen molar-refractivity contribution in [2.24, 2.45) is 5.92 Å². The maximum atomic E-state index is 12.8. The first-order chi connectivity index (χ1) is 12.2. The Hall–Kier alpha value is -2.83. The lowest BCUT2D eigenvalue weighted by Crippen LogP contribution is -2.25. The Labute approximate surface area is 144 Å². The van der Waals surface area contributed by atoms with Crippen LogP contribution in [-0.2, 0) is 6.54 Å². The first-order valence-corrected chi connectivity index (χ1v) is 8.52. The molecule has 0 saturated heterocycles. The van der Waals surface area contributed by atoms with Crippen molar-refractivity contribution in [1.82, 2.24) is 18.7 Å². The Morgan fingerprint density at radius 1 is 1.20 bits per heavy atom. The normalized spacial score (nSPS) is 15.1. The molecule has 4 rings (SSSR count). The third-order valence-corrected chi connectivity index (χ3v) is 4.88. The largest absolute Gasteiger partial charge is 0.497 e. The molecule has 1 aliphatic carbocycles. The van der Waals surface area contributed by atoms with E-state index in [0.717, 1.165) is 12.8 Å². The highest BCUT2D eigenvalue weighted by molar-refractivity contribution is 5.43. The Bertz CT molecular complexity index is 1020. The molecule has 0 unspecified atom stereocenters. The van der Waals surface area contributed by atoms with E-state index in [1.165, 1.54) is 26.5 Å². The van der Waals surface area contributed by atoms with Gasteiger partial charge in [-0.1, -0.05) is 18.9 Å². The Balaban J connectivity index is 1.79. The van der Waals surface area contributed by atoms with Crippen molar-refractivity contribution in [1.29, 1.82) is 0 Å². The number of hydrogen-bond acceptors (Lipinski definition) is 4. The van der Waals surface area contributed by atoms with Gasteiger partial charge in [0.25, 0.3) is 0 Å². The molecule has 2 heterocycles. The van der Waals surface area contributed by atoms with Crippen molar-refractivity contribution in [2.45, 2.75) is 32.2 Å². The SMILES string of the molecule is COc1cccc(-n2ccn3c(=O)n(CC4CCCC4)nc3c2=O)c1. The summed E-state index contributed by atoms with van der Waals surface area (Å²) in [6, 6.07) is 7.21. The zero-order chi connectivity index (χ0) is 17.4. The predicted molar refractivity (Wildman–Crippen MR) is 93.6 cm³/mol. The summed E-state index contributed by atoms with van der Waals surface area (Å²) in [7, 11) is 1.58. The molecular weight excluding hydrogens is 320 g/mol. The molecule has 0 N–H and O–H groups in total. The molecule has 1 aromatic carbocycles. The van der Waals surface area contributed by atoms with Crippen molar-refractivity contribution in [3.63, 3.8) is 0 Å². The van der Waals surface area contributed by atoms with Crippen molar-refractivity contribution in [2.75, 3.05) is 7.11 Å². The fraction of sp³-hybridized carbons (Fsp3) is 0.389. The van der Waals surface area contributed by atoms with Crippen LogP contribution in [0, 0.1) is 5.92 Å². The molecule has 3 aromatic rings. The number of ether oxygens (including phenoxy) is 1. The summed E-state index contributed by atoms with van der Waals surface area (Å²) in [6.07, 6.45) is 7.83. The summed E-state index contributed by atoms with van der Waals surface area (Å²) in [5, 5.41) is 4.31. The molecule has 1 aliphatic rings. The minimum absolute atomic E-state index is 0.147. The molecule has 0 radical (unpaired) electrons. The van der Waals surface area contributed by atoms with Gasteiger partial charge in [0, 0.05) is 25.0 Å². The summed E-state index contributed by atoms with van der Waals surface area (Å²) >= 11 is 0. The summed E-state index contributed by atoms with van der Waals surface area (Å²) in [5.41, 5.74) is 0.243. The molecule has 1 fully saturated rings. The Kier molecular flexibility index (Phi) is 3.91. The van der Waals surface area contributed by atoms with Crippen molar-refractivity contribution in [3.05, 3.63) is 57.5 Å². The van der Waals surface area contributed by atoms with E-state index in [-0.39, 0.29) is 16.9 Å². The summed E-state index contributed by atoms with van der Waals surface area (Å²) in [6.45, 7) is 0.582.